The van der Waals surface area contributed by atoms with Crippen molar-refractivity contribution >= 4 is 5.91 Å². The van der Waals surface area contributed by atoms with Crippen LogP contribution in [0.2, 0.25) is 0 Å². The molecule has 2 saturated heterocycles. The molecule has 0 saturated carbocycles. The van der Waals surface area contributed by atoms with Gasteiger partial charge in [0.2, 0.25) is 5.91 Å². The van der Waals surface area contributed by atoms with Gasteiger partial charge in [-0.3, -0.25) is 9.69 Å². The number of hydrogen-bond acceptors (Lipinski definition) is 4. The summed E-state index contributed by atoms with van der Waals surface area (Å²) in [7, 11) is 0. The van der Waals surface area contributed by atoms with Gasteiger partial charge < -0.3 is 14.7 Å². The number of morpholine rings is 1. The third-order valence-electron chi connectivity index (χ3n) is 3.82. The van der Waals surface area contributed by atoms with Crippen LogP contribution in [0.5, 0.6) is 0 Å². The largest absolute Gasteiger partial charge is 0.396 e. The van der Waals surface area contributed by atoms with E-state index in [-0.39, 0.29) is 18.6 Å². The number of aliphatic hydroxyl groups is 1. The van der Waals surface area contributed by atoms with Gasteiger partial charge in [-0.1, -0.05) is 6.42 Å². The summed E-state index contributed by atoms with van der Waals surface area (Å²) in [5.41, 5.74) is 0. The van der Waals surface area contributed by atoms with Gasteiger partial charge >= 0.3 is 0 Å². The second-order valence-electron chi connectivity index (χ2n) is 5.06. The van der Waals surface area contributed by atoms with E-state index < -0.39 is 0 Å². The molecule has 5 nitrogen and oxygen atoms in total. The zero-order valence-corrected chi connectivity index (χ0v) is 11.0. The standard InChI is InChI=1S/C13H24N2O3/c16-9-3-6-14-5-2-1-4-12(14)13(17)15-7-10-18-11-8-15/h12,16H,1-11H2. The SMILES string of the molecule is O=C(C1CCCCN1CCCO)N1CCOCC1. The van der Waals surface area contributed by atoms with E-state index in [1.807, 2.05) is 4.90 Å². The molecule has 0 aliphatic carbocycles. The van der Waals surface area contributed by atoms with Gasteiger partial charge in [-0.25, -0.2) is 0 Å². The lowest BCUT2D eigenvalue weighted by atomic mass is 10.0. The molecular weight excluding hydrogens is 232 g/mol. The Bertz CT molecular complexity index is 267. The molecule has 104 valence electrons. The van der Waals surface area contributed by atoms with E-state index in [9.17, 15) is 4.79 Å². The van der Waals surface area contributed by atoms with Crippen molar-refractivity contribution < 1.29 is 14.6 Å². The average molecular weight is 256 g/mol. The van der Waals surface area contributed by atoms with Crippen LogP contribution in [-0.4, -0.2) is 72.9 Å². The fraction of sp³-hybridized carbons (Fsp3) is 0.923. The molecule has 0 spiro atoms. The smallest absolute Gasteiger partial charge is 0.240 e. The van der Waals surface area contributed by atoms with E-state index in [4.69, 9.17) is 9.84 Å². The van der Waals surface area contributed by atoms with Crippen LogP contribution in [-0.2, 0) is 9.53 Å². The van der Waals surface area contributed by atoms with Crippen LogP contribution < -0.4 is 0 Å². The predicted octanol–water partition coefficient (Wildman–Crippen LogP) is 0.0821. The molecule has 2 rings (SSSR count). The maximum absolute atomic E-state index is 12.5. The summed E-state index contributed by atoms with van der Waals surface area (Å²) in [6, 6.07) is 0.0309. The van der Waals surface area contributed by atoms with Crippen LogP contribution in [0.4, 0.5) is 0 Å². The number of amides is 1. The predicted molar refractivity (Wildman–Crippen MR) is 68.3 cm³/mol. The van der Waals surface area contributed by atoms with Gasteiger partial charge in [0.15, 0.2) is 0 Å². The minimum atomic E-state index is 0.0309. The third kappa shape index (κ3) is 3.43. The van der Waals surface area contributed by atoms with Crippen molar-refractivity contribution in [2.24, 2.45) is 0 Å². The maximum Gasteiger partial charge on any atom is 0.240 e. The number of ether oxygens (including phenoxy) is 1. The molecule has 1 atom stereocenters. The minimum absolute atomic E-state index is 0.0309. The monoisotopic (exact) mass is 256 g/mol. The van der Waals surface area contributed by atoms with Crippen LogP contribution in [0.1, 0.15) is 25.7 Å². The van der Waals surface area contributed by atoms with Gasteiger partial charge in [0.25, 0.3) is 0 Å². The van der Waals surface area contributed by atoms with E-state index in [0.717, 1.165) is 51.9 Å². The number of piperidine rings is 1. The molecule has 2 aliphatic heterocycles. The topological polar surface area (TPSA) is 53.0 Å². The molecule has 0 bridgehead atoms. The molecular formula is C13H24N2O3. The van der Waals surface area contributed by atoms with Crippen LogP contribution in [0, 0.1) is 0 Å². The Kier molecular flexibility index (Phi) is 5.41. The summed E-state index contributed by atoms with van der Waals surface area (Å²) in [6.45, 7) is 4.80. The van der Waals surface area contributed by atoms with E-state index in [1.54, 1.807) is 0 Å². The Labute approximate surface area is 109 Å². The highest BCUT2D eigenvalue weighted by atomic mass is 16.5. The molecule has 2 aliphatic rings. The zero-order chi connectivity index (χ0) is 12.8. The molecule has 1 amide bonds. The lowest BCUT2D eigenvalue weighted by Gasteiger charge is -2.38. The average Bonchev–Trinajstić information content (AvgIpc) is 2.45. The summed E-state index contributed by atoms with van der Waals surface area (Å²) in [5, 5.41) is 8.93. The van der Waals surface area contributed by atoms with Crippen LogP contribution in [0.3, 0.4) is 0 Å². The van der Waals surface area contributed by atoms with Crippen molar-refractivity contribution in [2.75, 3.05) is 46.0 Å². The van der Waals surface area contributed by atoms with Gasteiger partial charge in [-0.15, -0.1) is 0 Å². The molecule has 2 heterocycles. The summed E-state index contributed by atoms with van der Waals surface area (Å²) < 4.78 is 5.29. The Hall–Kier alpha value is -0.650. The van der Waals surface area contributed by atoms with Gasteiger partial charge in [0.05, 0.1) is 19.3 Å². The number of aliphatic hydroxyl groups excluding tert-OH is 1. The van der Waals surface area contributed by atoms with Crippen LogP contribution >= 0.6 is 0 Å². The van der Waals surface area contributed by atoms with Crippen LogP contribution in [0.25, 0.3) is 0 Å². The van der Waals surface area contributed by atoms with Gasteiger partial charge in [0.1, 0.15) is 0 Å². The second-order valence-corrected chi connectivity index (χ2v) is 5.06. The first-order valence-electron chi connectivity index (χ1n) is 7.04. The number of likely N-dealkylation sites (tertiary alicyclic amines) is 1. The van der Waals surface area contributed by atoms with E-state index in [2.05, 4.69) is 4.90 Å². The van der Waals surface area contributed by atoms with Gasteiger partial charge in [0, 0.05) is 26.2 Å². The molecule has 0 radical (unpaired) electrons. The number of hydrogen-bond donors (Lipinski definition) is 1. The zero-order valence-electron chi connectivity index (χ0n) is 11.0. The number of carbonyl (C=O) groups is 1. The molecule has 18 heavy (non-hydrogen) atoms. The molecule has 5 heteroatoms. The summed E-state index contributed by atoms with van der Waals surface area (Å²) in [5.74, 6) is 0.260. The van der Waals surface area contributed by atoms with E-state index >= 15 is 0 Å². The van der Waals surface area contributed by atoms with Crippen molar-refractivity contribution in [3.8, 4) is 0 Å². The minimum Gasteiger partial charge on any atom is -0.396 e. The number of rotatable bonds is 4. The van der Waals surface area contributed by atoms with Crippen molar-refractivity contribution in [3.05, 3.63) is 0 Å². The first-order chi connectivity index (χ1) is 8.83. The van der Waals surface area contributed by atoms with E-state index in [0.29, 0.717) is 13.2 Å². The molecule has 0 aromatic rings. The lowest BCUT2D eigenvalue weighted by molar-refractivity contribution is -0.142. The first kappa shape index (κ1) is 13.8. The number of carbonyl (C=O) groups excluding carboxylic acids is 1. The fourth-order valence-electron chi connectivity index (χ4n) is 2.81. The lowest BCUT2D eigenvalue weighted by Crippen LogP contribution is -2.53. The quantitative estimate of drug-likeness (QED) is 0.774. The normalized spacial score (nSPS) is 26.3. The maximum atomic E-state index is 12.5. The Morgan fingerprint density at radius 1 is 1.22 bits per heavy atom. The third-order valence-corrected chi connectivity index (χ3v) is 3.82. The Balaban J connectivity index is 1.91. The number of nitrogens with zero attached hydrogens (tertiary/aromatic N) is 2. The highest BCUT2D eigenvalue weighted by Gasteiger charge is 2.31. The first-order valence-corrected chi connectivity index (χ1v) is 7.04. The summed E-state index contributed by atoms with van der Waals surface area (Å²) in [6.07, 6.45) is 4.02. The Morgan fingerprint density at radius 3 is 2.72 bits per heavy atom. The van der Waals surface area contributed by atoms with Gasteiger partial charge in [-0.05, 0) is 25.8 Å². The molecule has 1 unspecified atom stereocenters. The summed E-state index contributed by atoms with van der Waals surface area (Å²) >= 11 is 0. The second kappa shape index (κ2) is 7.07. The van der Waals surface area contributed by atoms with E-state index in [1.165, 1.54) is 0 Å². The van der Waals surface area contributed by atoms with Gasteiger partial charge in [-0.2, -0.15) is 0 Å². The molecule has 0 aromatic carbocycles. The summed E-state index contributed by atoms with van der Waals surface area (Å²) in [4.78, 5) is 16.7. The highest BCUT2D eigenvalue weighted by Crippen LogP contribution is 2.19. The fourth-order valence-corrected chi connectivity index (χ4v) is 2.81. The van der Waals surface area contributed by atoms with Crippen LogP contribution in [0.15, 0.2) is 0 Å². The molecule has 1 N–H and O–H groups in total. The molecule has 2 fully saturated rings. The van der Waals surface area contributed by atoms with Crippen molar-refractivity contribution in [1.82, 2.24) is 9.80 Å². The van der Waals surface area contributed by atoms with Crippen molar-refractivity contribution in [2.45, 2.75) is 31.7 Å². The molecule has 0 aromatic heterocycles. The Morgan fingerprint density at radius 2 is 2.00 bits per heavy atom. The van der Waals surface area contributed by atoms with Crippen molar-refractivity contribution in [1.29, 1.82) is 0 Å². The van der Waals surface area contributed by atoms with Crippen molar-refractivity contribution in [3.63, 3.8) is 0 Å². The highest BCUT2D eigenvalue weighted by molar-refractivity contribution is 5.82.